The molecule has 0 amide bonds. The molecule has 0 saturated carbocycles. The molecule has 124 valence electrons. The molecule has 3 heteroatoms. The molecule has 0 radical (unpaired) electrons. The highest BCUT2D eigenvalue weighted by atomic mass is 16.5. The maximum Gasteiger partial charge on any atom is 0.311 e. The summed E-state index contributed by atoms with van der Waals surface area (Å²) in [7, 11) is 2.34. The molecule has 1 heterocycles. The average Bonchev–Trinajstić information content (AvgIpc) is 2.32. The summed E-state index contributed by atoms with van der Waals surface area (Å²) in [6, 6.07) is 0. The van der Waals surface area contributed by atoms with E-state index >= 15 is 0 Å². The van der Waals surface area contributed by atoms with Gasteiger partial charge in [-0.15, -0.1) is 0 Å². The van der Waals surface area contributed by atoms with E-state index in [1.54, 1.807) is 0 Å². The number of nitrogens with zero attached hydrogens (tertiary/aromatic N) is 1. The monoisotopic (exact) mass is 298 g/mol. The zero-order valence-electron chi connectivity index (χ0n) is 15.1. The Hall–Kier alpha value is -0.570. The molecule has 0 unspecified atom stereocenters. The van der Waals surface area contributed by atoms with Gasteiger partial charge in [-0.2, -0.15) is 0 Å². The van der Waals surface area contributed by atoms with E-state index < -0.39 is 0 Å². The van der Waals surface area contributed by atoms with Gasteiger partial charge in [0.05, 0.1) is 38.7 Å². The van der Waals surface area contributed by atoms with Crippen molar-refractivity contribution in [1.82, 2.24) is 0 Å². The maximum atomic E-state index is 12.2. The lowest BCUT2D eigenvalue weighted by molar-refractivity contribution is -0.914. The molecule has 1 saturated heterocycles. The number of rotatable bonds is 6. The fourth-order valence-electron chi connectivity index (χ4n) is 3.70. The van der Waals surface area contributed by atoms with Crippen LogP contribution in [0.2, 0.25) is 0 Å². The normalized spacial score (nSPS) is 19.3. The fourth-order valence-corrected chi connectivity index (χ4v) is 3.70. The van der Waals surface area contributed by atoms with E-state index in [0.29, 0.717) is 6.61 Å². The van der Waals surface area contributed by atoms with Gasteiger partial charge in [0.15, 0.2) is 0 Å². The molecule has 0 aromatic heterocycles. The number of piperidine rings is 1. The zero-order valence-corrected chi connectivity index (χ0v) is 15.1. The molecule has 21 heavy (non-hydrogen) atoms. The molecule has 1 rings (SSSR count). The summed E-state index contributed by atoms with van der Waals surface area (Å²) in [5, 5.41) is 0. The number of ether oxygens (including phenoxy) is 1. The number of quaternary nitrogens is 1. The number of esters is 1. The summed E-state index contributed by atoms with van der Waals surface area (Å²) in [5.41, 5.74) is -0.239. The molecule has 0 aliphatic carbocycles. The Balaban J connectivity index is 2.30. The van der Waals surface area contributed by atoms with Gasteiger partial charge < -0.3 is 9.22 Å². The van der Waals surface area contributed by atoms with Crippen LogP contribution in [0.3, 0.4) is 0 Å². The number of likely N-dealkylation sites (tertiary alicyclic amines) is 1. The number of carbonyl (C=O) groups excluding carboxylic acids is 1. The van der Waals surface area contributed by atoms with Gasteiger partial charge in [-0.3, -0.25) is 4.79 Å². The van der Waals surface area contributed by atoms with Crippen LogP contribution in [0.4, 0.5) is 0 Å². The highest BCUT2D eigenvalue weighted by Gasteiger charge is 2.34. The van der Waals surface area contributed by atoms with Crippen LogP contribution in [-0.2, 0) is 9.53 Å². The first kappa shape index (κ1) is 18.5. The summed E-state index contributed by atoms with van der Waals surface area (Å²) < 4.78 is 6.70. The lowest BCUT2D eigenvalue weighted by atomic mass is 9.76. The van der Waals surface area contributed by atoms with Gasteiger partial charge in [0.2, 0.25) is 0 Å². The van der Waals surface area contributed by atoms with E-state index in [2.05, 4.69) is 27.8 Å². The molecular weight excluding hydrogens is 262 g/mol. The Bertz CT molecular complexity index is 336. The van der Waals surface area contributed by atoms with Crippen molar-refractivity contribution in [2.24, 2.45) is 10.8 Å². The van der Waals surface area contributed by atoms with Gasteiger partial charge in [-0.1, -0.05) is 20.8 Å². The Labute approximate surface area is 131 Å². The predicted molar refractivity (Wildman–Crippen MR) is 88.1 cm³/mol. The van der Waals surface area contributed by atoms with Crippen molar-refractivity contribution in [3.05, 3.63) is 0 Å². The van der Waals surface area contributed by atoms with Crippen molar-refractivity contribution in [2.45, 2.75) is 66.7 Å². The minimum absolute atomic E-state index is 0.0428. The molecule has 0 N–H and O–H groups in total. The summed E-state index contributed by atoms with van der Waals surface area (Å²) in [4.78, 5) is 12.2. The first-order valence-electron chi connectivity index (χ1n) is 8.55. The highest BCUT2D eigenvalue weighted by molar-refractivity contribution is 5.75. The van der Waals surface area contributed by atoms with Gasteiger partial charge in [-0.25, -0.2) is 0 Å². The molecule has 1 aliphatic rings. The quantitative estimate of drug-likeness (QED) is 0.421. The van der Waals surface area contributed by atoms with Gasteiger partial charge in [-0.05, 0) is 44.9 Å². The second-order valence-electron chi connectivity index (χ2n) is 8.96. The minimum atomic E-state index is -0.387. The van der Waals surface area contributed by atoms with Crippen LogP contribution in [0.15, 0.2) is 0 Å². The van der Waals surface area contributed by atoms with Gasteiger partial charge >= 0.3 is 5.97 Å². The van der Waals surface area contributed by atoms with E-state index in [4.69, 9.17) is 4.74 Å². The van der Waals surface area contributed by atoms with Crippen LogP contribution < -0.4 is 0 Å². The van der Waals surface area contributed by atoms with Crippen molar-refractivity contribution >= 4 is 5.97 Å². The van der Waals surface area contributed by atoms with Crippen LogP contribution in [-0.4, -0.2) is 43.7 Å². The Morgan fingerprint density at radius 2 is 1.62 bits per heavy atom. The van der Waals surface area contributed by atoms with Crippen molar-refractivity contribution in [3.8, 4) is 0 Å². The molecular formula is C18H36NO2+. The minimum Gasteiger partial charge on any atom is -0.465 e. The second kappa shape index (κ2) is 7.13. The molecule has 3 nitrogen and oxygen atoms in total. The van der Waals surface area contributed by atoms with Crippen LogP contribution in [0.1, 0.15) is 66.7 Å². The second-order valence-corrected chi connectivity index (χ2v) is 8.96. The van der Waals surface area contributed by atoms with Crippen LogP contribution in [0.25, 0.3) is 0 Å². The molecule has 0 spiro atoms. The summed E-state index contributed by atoms with van der Waals surface area (Å²) >= 11 is 0. The third-order valence-corrected chi connectivity index (χ3v) is 4.50. The van der Waals surface area contributed by atoms with Crippen LogP contribution >= 0.6 is 0 Å². The largest absolute Gasteiger partial charge is 0.465 e. The van der Waals surface area contributed by atoms with E-state index in [9.17, 15) is 4.79 Å². The van der Waals surface area contributed by atoms with E-state index in [1.165, 1.54) is 32.4 Å². The standard InChI is InChI=1S/C18H36NO2/c1-17(2,3)15-18(4,5)16(20)21-14-10-13-19(6)11-8-7-9-12-19/h7-15H2,1-6H3/q+1. The SMILES string of the molecule is CC(C)(C)CC(C)(C)C(=O)OCCC[N+]1(C)CCCCC1. The third-order valence-electron chi connectivity index (χ3n) is 4.50. The molecule has 0 aromatic carbocycles. The third kappa shape index (κ3) is 6.82. The molecule has 1 fully saturated rings. The maximum absolute atomic E-state index is 12.2. The number of hydrogen-bond acceptors (Lipinski definition) is 2. The number of hydrogen-bond donors (Lipinski definition) is 0. The van der Waals surface area contributed by atoms with E-state index in [-0.39, 0.29) is 16.8 Å². The lowest BCUT2D eigenvalue weighted by Crippen LogP contribution is -2.48. The van der Waals surface area contributed by atoms with Gasteiger partial charge in [0.1, 0.15) is 0 Å². The van der Waals surface area contributed by atoms with Crippen molar-refractivity contribution in [1.29, 1.82) is 0 Å². The summed E-state index contributed by atoms with van der Waals surface area (Å²) in [6.07, 6.45) is 5.90. The Morgan fingerprint density at radius 3 is 2.14 bits per heavy atom. The average molecular weight is 298 g/mol. The zero-order chi connectivity index (χ0) is 16.1. The summed E-state index contributed by atoms with van der Waals surface area (Å²) in [6.45, 7) is 14.8. The molecule has 1 aliphatic heterocycles. The predicted octanol–water partition coefficient (Wildman–Crippen LogP) is 4.01. The van der Waals surface area contributed by atoms with E-state index in [0.717, 1.165) is 23.9 Å². The van der Waals surface area contributed by atoms with Crippen molar-refractivity contribution in [2.75, 3.05) is 33.3 Å². The fraction of sp³-hybridized carbons (Fsp3) is 0.944. The first-order chi connectivity index (χ1) is 9.54. The van der Waals surface area contributed by atoms with Crippen molar-refractivity contribution < 1.29 is 14.0 Å². The topological polar surface area (TPSA) is 26.3 Å². The van der Waals surface area contributed by atoms with Crippen molar-refractivity contribution in [3.63, 3.8) is 0 Å². The molecule has 0 atom stereocenters. The van der Waals surface area contributed by atoms with Gasteiger partial charge in [0, 0.05) is 6.42 Å². The Kier molecular flexibility index (Phi) is 6.27. The van der Waals surface area contributed by atoms with Gasteiger partial charge in [0.25, 0.3) is 0 Å². The van der Waals surface area contributed by atoms with Crippen LogP contribution in [0.5, 0.6) is 0 Å². The molecule has 0 bridgehead atoms. The smallest absolute Gasteiger partial charge is 0.311 e. The number of carbonyl (C=O) groups is 1. The first-order valence-corrected chi connectivity index (χ1v) is 8.55. The summed E-state index contributed by atoms with van der Waals surface area (Å²) in [5.74, 6) is -0.0428. The highest BCUT2D eigenvalue weighted by Crippen LogP contribution is 2.34. The lowest BCUT2D eigenvalue weighted by Gasteiger charge is -2.38. The van der Waals surface area contributed by atoms with E-state index in [1.807, 2.05) is 13.8 Å². The molecule has 0 aromatic rings. The Morgan fingerprint density at radius 1 is 1.05 bits per heavy atom. The van der Waals surface area contributed by atoms with Crippen LogP contribution in [0, 0.1) is 10.8 Å².